The number of primary sulfonamides is 1. The Labute approximate surface area is 207 Å². The third kappa shape index (κ3) is 6.41. The molecule has 3 N–H and O–H groups in total. The summed E-state index contributed by atoms with van der Waals surface area (Å²) >= 11 is 0.979. The number of thiazole rings is 1. The highest BCUT2D eigenvalue weighted by molar-refractivity contribution is 7.91. The Morgan fingerprint density at radius 1 is 1.20 bits per heavy atom. The maximum atomic E-state index is 13.0. The molecule has 4 aromatic rings. The van der Waals surface area contributed by atoms with Crippen molar-refractivity contribution in [3.63, 3.8) is 0 Å². The van der Waals surface area contributed by atoms with Crippen LogP contribution in [0.2, 0.25) is 0 Å². The number of hydrogen-bond acceptors (Lipinski definition) is 8. The van der Waals surface area contributed by atoms with Crippen LogP contribution in [0.25, 0.3) is 10.2 Å². The molecule has 0 radical (unpaired) electrons. The van der Waals surface area contributed by atoms with Gasteiger partial charge in [-0.3, -0.25) is 4.79 Å². The molecule has 1 amide bonds. The lowest BCUT2D eigenvalue weighted by atomic mass is 10.0. The van der Waals surface area contributed by atoms with Crippen molar-refractivity contribution in [3.8, 4) is 5.75 Å². The molecule has 12 heteroatoms. The summed E-state index contributed by atoms with van der Waals surface area (Å²) in [6.07, 6.45) is 2.32. The fourth-order valence-electron chi connectivity index (χ4n) is 3.47. The Morgan fingerprint density at radius 3 is 2.69 bits per heavy atom. The SMILES string of the molecule is CC(C)C[C@@H](C(=O)NCc1ccccc1)n1cc(COc2ccc3nc(S(N)(=O)=O)sc3c2)nn1. The van der Waals surface area contributed by atoms with E-state index in [9.17, 15) is 13.2 Å². The average molecular weight is 515 g/mol. The summed E-state index contributed by atoms with van der Waals surface area (Å²) < 4.78 is 31.0. The number of rotatable bonds is 10. The van der Waals surface area contributed by atoms with Crippen molar-refractivity contribution in [1.29, 1.82) is 0 Å². The number of nitrogens with two attached hydrogens (primary N) is 1. The largest absolute Gasteiger partial charge is 0.487 e. The van der Waals surface area contributed by atoms with Crippen LogP contribution in [0, 0.1) is 5.92 Å². The van der Waals surface area contributed by atoms with E-state index >= 15 is 0 Å². The highest BCUT2D eigenvalue weighted by Crippen LogP contribution is 2.28. The minimum atomic E-state index is -3.86. The van der Waals surface area contributed by atoms with Crippen molar-refractivity contribution in [1.82, 2.24) is 25.3 Å². The standard InChI is InChI=1S/C23H26N6O4S2/c1-15(2)10-20(22(30)25-12-16-6-4-3-5-7-16)29-13-17(27-28-29)14-33-18-8-9-19-21(11-18)34-23(26-19)35(24,31)32/h3-9,11,13,15,20H,10,12,14H2,1-2H3,(H,25,30)(H2,24,31,32)/t20-/m0/s1. The molecule has 2 heterocycles. The number of carbonyl (C=O) groups is 1. The van der Waals surface area contributed by atoms with Crippen LogP contribution in [-0.4, -0.2) is 34.3 Å². The summed E-state index contributed by atoms with van der Waals surface area (Å²) in [6.45, 7) is 4.67. The van der Waals surface area contributed by atoms with E-state index < -0.39 is 16.1 Å². The van der Waals surface area contributed by atoms with Gasteiger partial charge in [0.1, 0.15) is 24.1 Å². The van der Waals surface area contributed by atoms with Gasteiger partial charge in [-0.15, -0.1) is 16.4 Å². The van der Waals surface area contributed by atoms with Gasteiger partial charge in [0.25, 0.3) is 10.0 Å². The van der Waals surface area contributed by atoms with Gasteiger partial charge < -0.3 is 10.1 Å². The van der Waals surface area contributed by atoms with Gasteiger partial charge in [-0.2, -0.15) is 0 Å². The fraction of sp³-hybridized carbons (Fsp3) is 0.304. The van der Waals surface area contributed by atoms with Gasteiger partial charge in [-0.1, -0.05) is 49.4 Å². The molecule has 0 spiro atoms. The van der Waals surface area contributed by atoms with Gasteiger partial charge in [0.2, 0.25) is 10.2 Å². The number of benzene rings is 2. The molecule has 0 bridgehead atoms. The third-order valence-corrected chi connectivity index (χ3v) is 7.49. The van der Waals surface area contributed by atoms with Gasteiger partial charge in [-0.05, 0) is 36.1 Å². The number of aromatic nitrogens is 4. The molecule has 10 nitrogen and oxygen atoms in total. The number of nitrogens with zero attached hydrogens (tertiary/aromatic N) is 4. The second-order valence-corrected chi connectivity index (χ2v) is 11.2. The predicted molar refractivity (Wildman–Crippen MR) is 132 cm³/mol. The van der Waals surface area contributed by atoms with Crippen LogP contribution in [0.3, 0.4) is 0 Å². The van der Waals surface area contributed by atoms with Crippen LogP contribution in [0.1, 0.15) is 37.6 Å². The highest BCUT2D eigenvalue weighted by atomic mass is 32.2. The minimum Gasteiger partial charge on any atom is -0.487 e. The van der Waals surface area contributed by atoms with E-state index in [1.807, 2.05) is 30.3 Å². The topological polar surface area (TPSA) is 142 Å². The van der Waals surface area contributed by atoms with E-state index in [0.717, 1.165) is 16.9 Å². The number of carbonyl (C=O) groups excluding carboxylic acids is 1. The van der Waals surface area contributed by atoms with E-state index in [-0.39, 0.29) is 22.8 Å². The summed E-state index contributed by atoms with van der Waals surface area (Å²) in [5, 5.41) is 16.5. The molecule has 4 rings (SSSR count). The summed E-state index contributed by atoms with van der Waals surface area (Å²) in [6, 6.07) is 14.3. The van der Waals surface area contributed by atoms with Crippen molar-refractivity contribution in [3.05, 3.63) is 66.0 Å². The number of nitrogens with one attached hydrogen (secondary N) is 1. The molecule has 2 aromatic carbocycles. The maximum absolute atomic E-state index is 13.0. The second kappa shape index (κ2) is 10.5. The molecule has 0 fully saturated rings. The Morgan fingerprint density at radius 2 is 1.97 bits per heavy atom. The number of ether oxygens (including phenoxy) is 1. The number of amides is 1. The van der Waals surface area contributed by atoms with Crippen LogP contribution in [0.15, 0.2) is 59.1 Å². The highest BCUT2D eigenvalue weighted by Gasteiger charge is 2.23. The monoisotopic (exact) mass is 514 g/mol. The Bertz CT molecular complexity index is 1420. The molecule has 1 atom stereocenters. The van der Waals surface area contributed by atoms with Crippen LogP contribution in [0.5, 0.6) is 5.75 Å². The Hall–Kier alpha value is -3.35. The third-order valence-electron chi connectivity index (χ3n) is 5.15. The van der Waals surface area contributed by atoms with E-state index in [2.05, 4.69) is 34.5 Å². The van der Waals surface area contributed by atoms with E-state index in [1.54, 1.807) is 29.1 Å². The van der Waals surface area contributed by atoms with Crippen molar-refractivity contribution in [2.75, 3.05) is 0 Å². The van der Waals surface area contributed by atoms with Crippen molar-refractivity contribution < 1.29 is 17.9 Å². The van der Waals surface area contributed by atoms with E-state index in [4.69, 9.17) is 9.88 Å². The van der Waals surface area contributed by atoms with E-state index in [1.165, 1.54) is 0 Å². The van der Waals surface area contributed by atoms with Gasteiger partial charge in [-0.25, -0.2) is 23.2 Å². The molecule has 0 aliphatic heterocycles. The summed E-state index contributed by atoms with van der Waals surface area (Å²) in [4.78, 5) is 17.0. The van der Waals surface area contributed by atoms with Crippen LogP contribution in [0.4, 0.5) is 0 Å². The van der Waals surface area contributed by atoms with Crippen molar-refractivity contribution in [2.24, 2.45) is 11.1 Å². The van der Waals surface area contributed by atoms with Gasteiger partial charge in [0, 0.05) is 6.54 Å². The van der Waals surface area contributed by atoms with Crippen LogP contribution in [-0.2, 0) is 28.0 Å². The average Bonchev–Trinajstić information content (AvgIpc) is 3.47. The fourth-order valence-corrected chi connectivity index (χ4v) is 5.15. The van der Waals surface area contributed by atoms with Crippen molar-refractivity contribution >= 4 is 37.5 Å². The Kier molecular flexibility index (Phi) is 7.43. The summed E-state index contributed by atoms with van der Waals surface area (Å²) in [5.41, 5.74) is 2.10. The van der Waals surface area contributed by atoms with Crippen LogP contribution < -0.4 is 15.2 Å². The zero-order valence-corrected chi connectivity index (χ0v) is 20.9. The first-order valence-corrected chi connectivity index (χ1v) is 13.3. The normalized spacial score (nSPS) is 12.7. The zero-order valence-electron chi connectivity index (χ0n) is 19.3. The summed E-state index contributed by atoms with van der Waals surface area (Å²) in [5.74, 6) is 0.678. The number of hydrogen-bond donors (Lipinski definition) is 2. The molecular formula is C23H26N6O4S2. The number of fused-ring (bicyclic) bond motifs is 1. The first kappa shape index (κ1) is 24.8. The predicted octanol–water partition coefficient (Wildman–Crippen LogP) is 3.02. The first-order valence-electron chi connectivity index (χ1n) is 11.0. The second-order valence-electron chi connectivity index (χ2n) is 8.48. The lowest BCUT2D eigenvalue weighted by molar-refractivity contribution is -0.125. The minimum absolute atomic E-state index is 0.124. The van der Waals surface area contributed by atoms with Crippen molar-refractivity contribution in [2.45, 2.75) is 43.8 Å². The van der Waals surface area contributed by atoms with Gasteiger partial charge in [0.05, 0.1) is 16.4 Å². The van der Waals surface area contributed by atoms with Gasteiger partial charge in [0.15, 0.2) is 0 Å². The smallest absolute Gasteiger partial charge is 0.265 e. The zero-order chi connectivity index (χ0) is 25.0. The lowest BCUT2D eigenvalue weighted by Crippen LogP contribution is -2.33. The molecular weight excluding hydrogens is 488 g/mol. The number of sulfonamides is 1. The van der Waals surface area contributed by atoms with Crippen LogP contribution >= 0.6 is 11.3 Å². The maximum Gasteiger partial charge on any atom is 0.265 e. The summed E-state index contributed by atoms with van der Waals surface area (Å²) in [7, 11) is -3.86. The molecule has 0 saturated carbocycles. The van der Waals surface area contributed by atoms with E-state index in [0.29, 0.717) is 34.6 Å². The van der Waals surface area contributed by atoms with Gasteiger partial charge >= 0.3 is 0 Å². The molecule has 0 aliphatic rings. The molecule has 35 heavy (non-hydrogen) atoms. The molecule has 0 aliphatic carbocycles. The first-order chi connectivity index (χ1) is 16.7. The molecule has 2 aromatic heterocycles. The molecule has 184 valence electrons. The quantitative estimate of drug-likeness (QED) is 0.331. The Balaban J connectivity index is 1.42. The molecule has 0 unspecified atom stereocenters. The lowest BCUT2D eigenvalue weighted by Gasteiger charge is -2.18. The molecule has 0 saturated heterocycles.